The Labute approximate surface area is 243 Å². The van der Waals surface area contributed by atoms with Crippen molar-refractivity contribution in [3.8, 4) is 11.5 Å². The molecule has 0 aliphatic heterocycles. The molecule has 5 rings (SSSR count). The fourth-order valence-corrected chi connectivity index (χ4v) is 6.33. The van der Waals surface area contributed by atoms with E-state index in [0.717, 1.165) is 0 Å². The largest absolute Gasteiger partial charge is 2.00 e. The molecule has 0 radical (unpaired) electrons. The van der Waals surface area contributed by atoms with Gasteiger partial charge in [-0.05, 0) is 48.0 Å². The minimum absolute atomic E-state index is 0. The number of hydrogen-bond acceptors (Lipinski definition) is 5. The Hall–Kier alpha value is -4.07. The van der Waals surface area contributed by atoms with Crippen molar-refractivity contribution in [2.75, 3.05) is 0 Å². The van der Waals surface area contributed by atoms with Crippen LogP contribution in [0.25, 0.3) is 0 Å². The van der Waals surface area contributed by atoms with Gasteiger partial charge in [-0.3, -0.25) is 0 Å². The van der Waals surface area contributed by atoms with Crippen molar-refractivity contribution in [3.05, 3.63) is 151 Å². The Kier molecular flexibility index (Phi) is 11.6. The topological polar surface area (TPSA) is 91.1 Å². The van der Waals surface area contributed by atoms with Crippen molar-refractivity contribution >= 4 is 35.9 Å². The van der Waals surface area contributed by atoms with Crippen LogP contribution in [0.4, 0.5) is 0 Å². The zero-order valence-electron chi connectivity index (χ0n) is 20.8. The summed E-state index contributed by atoms with van der Waals surface area (Å²) in [5, 5.41) is 43.7. The Morgan fingerprint density at radius 2 is 1.05 bits per heavy atom. The maximum atomic E-state index is 11.6. The summed E-state index contributed by atoms with van der Waals surface area (Å²) in [6, 6.07) is 44.8. The molecule has 0 unspecified atom stereocenters. The molecule has 0 aliphatic carbocycles. The molecule has 196 valence electrons. The monoisotopic (exact) mass is 623 g/mol. The van der Waals surface area contributed by atoms with E-state index in [9.17, 15) is 15.3 Å². The molecule has 0 aliphatic rings. The average molecular weight is 624 g/mol. The molecular formula is C32H26N2O3PPd+. The maximum absolute atomic E-state index is 11.6. The molecule has 0 fully saturated rings. The van der Waals surface area contributed by atoms with Gasteiger partial charge in [0.15, 0.2) is 0 Å². The molecule has 0 saturated carbocycles. The van der Waals surface area contributed by atoms with Crippen LogP contribution >= 0.6 is 7.92 Å². The summed E-state index contributed by atoms with van der Waals surface area (Å²) < 4.78 is 0. The first kappa shape index (κ1) is 29.5. The first-order valence-corrected chi connectivity index (χ1v) is 13.5. The van der Waals surface area contributed by atoms with Gasteiger partial charge < -0.3 is 15.3 Å². The van der Waals surface area contributed by atoms with Crippen molar-refractivity contribution in [2.24, 2.45) is 10.2 Å². The molecule has 5 aromatic rings. The van der Waals surface area contributed by atoms with E-state index in [1.165, 1.54) is 40.3 Å². The predicted octanol–water partition coefficient (Wildman–Crippen LogP) is 3.78. The quantitative estimate of drug-likeness (QED) is 0.103. The summed E-state index contributed by atoms with van der Waals surface area (Å²) in [4.78, 5) is 0. The van der Waals surface area contributed by atoms with E-state index in [1.807, 2.05) is 0 Å². The second-order valence-electron chi connectivity index (χ2n) is 8.18. The molecule has 0 heterocycles. The zero-order chi connectivity index (χ0) is 26.6. The van der Waals surface area contributed by atoms with Crippen molar-refractivity contribution in [2.45, 2.75) is 0 Å². The van der Waals surface area contributed by atoms with Crippen molar-refractivity contribution in [1.29, 1.82) is 0 Å². The van der Waals surface area contributed by atoms with Crippen LogP contribution in [0.2, 0.25) is 0 Å². The third kappa shape index (κ3) is 8.47. The normalized spacial score (nSPS) is 10.9. The van der Waals surface area contributed by atoms with Crippen molar-refractivity contribution < 1.29 is 35.7 Å². The predicted molar refractivity (Wildman–Crippen MR) is 155 cm³/mol. The van der Waals surface area contributed by atoms with Crippen LogP contribution < -0.4 is 26.1 Å². The third-order valence-corrected chi connectivity index (χ3v) is 8.32. The Morgan fingerprint density at radius 3 is 1.54 bits per heavy atom. The average Bonchev–Trinajstić information content (AvgIpc) is 2.96. The van der Waals surface area contributed by atoms with Crippen LogP contribution in [0.3, 0.4) is 0 Å². The summed E-state index contributed by atoms with van der Waals surface area (Å²) in [6.45, 7) is 0. The van der Waals surface area contributed by atoms with E-state index in [2.05, 4.69) is 101 Å². The molecule has 0 saturated heterocycles. The summed E-state index contributed by atoms with van der Waals surface area (Å²) in [5.41, 5.74) is 0.409. The van der Waals surface area contributed by atoms with Crippen molar-refractivity contribution in [1.82, 2.24) is 0 Å². The molecule has 0 amide bonds. The van der Waals surface area contributed by atoms with Gasteiger partial charge in [-0.1, -0.05) is 103 Å². The SMILES string of the molecule is [O-]/C(=N\N=C\c1ccccc1[O-])c1ccccc1O.[Pd+2].c1ccc([PH+](c2ccccc2)c2ccccc2)cc1. The molecule has 0 spiro atoms. The van der Waals surface area contributed by atoms with Gasteiger partial charge in [0, 0.05) is 11.5 Å². The number of benzene rings is 5. The van der Waals surface area contributed by atoms with Crippen LogP contribution in [-0.4, -0.2) is 17.2 Å². The number of hydrogen-bond donors (Lipinski definition) is 1. The molecule has 5 nitrogen and oxygen atoms in total. The van der Waals surface area contributed by atoms with Gasteiger partial charge in [0.25, 0.3) is 0 Å². The van der Waals surface area contributed by atoms with Crippen molar-refractivity contribution in [3.63, 3.8) is 0 Å². The summed E-state index contributed by atoms with van der Waals surface area (Å²) in [6.07, 6.45) is 1.21. The van der Waals surface area contributed by atoms with Crippen LogP contribution in [0, 0.1) is 0 Å². The first-order chi connectivity index (χ1) is 18.6. The number of para-hydroxylation sites is 2. The van der Waals surface area contributed by atoms with Crippen LogP contribution in [-0.2, 0) is 20.4 Å². The van der Waals surface area contributed by atoms with E-state index in [-0.39, 0.29) is 37.5 Å². The van der Waals surface area contributed by atoms with Gasteiger partial charge in [0.1, 0.15) is 21.7 Å². The molecular weight excluding hydrogens is 598 g/mol. The van der Waals surface area contributed by atoms with Crippen LogP contribution in [0.5, 0.6) is 11.5 Å². The number of phenols is 1. The minimum Gasteiger partial charge on any atom is -0.872 e. The Bertz CT molecular complexity index is 1400. The van der Waals surface area contributed by atoms with Gasteiger partial charge in [0.2, 0.25) is 0 Å². The Balaban J connectivity index is 0.000000210. The zero-order valence-corrected chi connectivity index (χ0v) is 23.4. The van der Waals surface area contributed by atoms with E-state index in [0.29, 0.717) is 5.56 Å². The maximum Gasteiger partial charge on any atom is 2.00 e. The fraction of sp³-hybridized carbons (Fsp3) is 0. The number of phenolic OH excluding ortho intramolecular Hbond substituents is 1. The first-order valence-electron chi connectivity index (χ1n) is 12.0. The summed E-state index contributed by atoms with van der Waals surface area (Å²) in [5.74, 6) is -1.02. The second kappa shape index (κ2) is 15.4. The van der Waals surface area contributed by atoms with Gasteiger partial charge >= 0.3 is 20.4 Å². The minimum atomic E-state index is -0.877. The number of aromatic hydroxyl groups is 1. The summed E-state index contributed by atoms with van der Waals surface area (Å²) in [7, 11) is -0.877. The van der Waals surface area contributed by atoms with Gasteiger partial charge in [-0.15, -0.1) is 0 Å². The van der Waals surface area contributed by atoms with E-state index in [4.69, 9.17) is 0 Å². The molecule has 39 heavy (non-hydrogen) atoms. The third-order valence-electron chi connectivity index (χ3n) is 5.59. The molecule has 0 bridgehead atoms. The molecule has 1 N–H and O–H groups in total. The second-order valence-corrected chi connectivity index (χ2v) is 10.7. The fourth-order valence-electron chi connectivity index (χ4n) is 3.75. The molecule has 7 heteroatoms. The van der Waals surface area contributed by atoms with Crippen LogP contribution in [0.15, 0.2) is 150 Å². The van der Waals surface area contributed by atoms with Gasteiger partial charge in [-0.25, -0.2) is 0 Å². The summed E-state index contributed by atoms with van der Waals surface area (Å²) >= 11 is 0. The molecule has 0 atom stereocenters. The van der Waals surface area contributed by atoms with E-state index >= 15 is 0 Å². The number of rotatable bonds is 6. The Morgan fingerprint density at radius 1 is 0.615 bits per heavy atom. The smallest absolute Gasteiger partial charge is 0.872 e. The standard InChI is InChI=1S/C18H15P.C14H12N2O3.Pd/c1-4-10-16(11-5-1)19(17-12-6-2-7-13-17)18-14-8-3-9-15-18;17-12-7-3-1-5-10(12)9-15-16-14(19)11-6-2-4-8-13(11)18;/h1-15H;1-9,17-18H,(H,16,19);/q;;+2/p-1/b;15-9+;. The van der Waals surface area contributed by atoms with E-state index in [1.54, 1.807) is 30.3 Å². The van der Waals surface area contributed by atoms with Gasteiger partial charge in [0.05, 0.1) is 14.1 Å². The molecule has 5 aromatic carbocycles. The van der Waals surface area contributed by atoms with E-state index < -0.39 is 13.8 Å². The molecule has 0 aromatic heterocycles. The number of nitrogens with zero attached hydrogens (tertiary/aromatic N) is 2. The van der Waals surface area contributed by atoms with Crippen LogP contribution in [0.1, 0.15) is 11.1 Å². The van der Waals surface area contributed by atoms with Gasteiger partial charge in [-0.2, -0.15) is 10.2 Å².